The average molecular weight is 399 g/mol. The van der Waals surface area contributed by atoms with E-state index in [0.717, 1.165) is 47.3 Å². The first-order chi connectivity index (χ1) is 13.8. The molecule has 0 bridgehead atoms. The molecule has 9 atom stereocenters. The van der Waals surface area contributed by atoms with Gasteiger partial charge < -0.3 is 0 Å². The molecular formula is C29H50. The van der Waals surface area contributed by atoms with E-state index in [4.69, 9.17) is 0 Å². The van der Waals surface area contributed by atoms with Crippen LogP contribution in [0.1, 0.15) is 112 Å². The Morgan fingerprint density at radius 3 is 2.31 bits per heavy atom. The molecule has 3 saturated carbocycles. The van der Waals surface area contributed by atoms with Crippen LogP contribution in [0.5, 0.6) is 0 Å². The number of fused-ring (bicyclic) bond motifs is 5. The van der Waals surface area contributed by atoms with E-state index in [0.29, 0.717) is 10.8 Å². The highest BCUT2D eigenvalue weighted by atomic mass is 14.6. The number of allylic oxidation sites excluding steroid dienone is 2. The highest BCUT2D eigenvalue weighted by Crippen LogP contribution is 2.67. The molecule has 29 heavy (non-hydrogen) atoms. The maximum Gasteiger partial charge on any atom is -0.0166 e. The third-order valence-electron chi connectivity index (χ3n) is 11.3. The Morgan fingerprint density at radius 1 is 0.828 bits per heavy atom. The van der Waals surface area contributed by atoms with Crippen LogP contribution in [0.2, 0.25) is 0 Å². The van der Waals surface area contributed by atoms with Gasteiger partial charge in [0, 0.05) is 0 Å². The first kappa shape index (κ1) is 22.0. The van der Waals surface area contributed by atoms with Gasteiger partial charge in [0.25, 0.3) is 0 Å². The first-order valence-electron chi connectivity index (χ1n) is 13.5. The van der Waals surface area contributed by atoms with Crippen LogP contribution in [0.3, 0.4) is 0 Å². The topological polar surface area (TPSA) is 0 Å². The molecule has 0 spiro atoms. The van der Waals surface area contributed by atoms with Crippen LogP contribution in [0, 0.1) is 58.2 Å². The lowest BCUT2D eigenvalue weighted by Gasteiger charge is -2.58. The summed E-state index contributed by atoms with van der Waals surface area (Å²) in [4.78, 5) is 0. The third-order valence-corrected chi connectivity index (χ3v) is 11.3. The zero-order valence-corrected chi connectivity index (χ0v) is 20.6. The minimum Gasteiger partial charge on any atom is -0.0846 e. The number of hydrogen-bond acceptors (Lipinski definition) is 0. The lowest BCUT2D eigenvalue weighted by atomic mass is 9.46. The fraction of sp³-hybridized carbons (Fsp3) is 0.931. The second kappa shape index (κ2) is 8.35. The molecule has 4 rings (SSSR count). The van der Waals surface area contributed by atoms with Crippen LogP contribution in [0.4, 0.5) is 0 Å². The van der Waals surface area contributed by atoms with Gasteiger partial charge in [0.15, 0.2) is 0 Å². The molecule has 0 radical (unpaired) electrons. The van der Waals surface area contributed by atoms with Gasteiger partial charge in [-0.3, -0.25) is 0 Å². The van der Waals surface area contributed by atoms with Gasteiger partial charge in [-0.05, 0) is 103 Å². The molecule has 0 N–H and O–H groups in total. The second-order valence-corrected chi connectivity index (χ2v) is 12.7. The molecule has 0 aliphatic heterocycles. The first-order valence-corrected chi connectivity index (χ1v) is 13.5. The van der Waals surface area contributed by atoms with Gasteiger partial charge in [-0.1, -0.05) is 79.4 Å². The standard InChI is InChI=1S/C29H50/c1-7-22(20(2)3)12-11-21(4)25-15-16-26-24-14-13-23-10-8-9-18-28(23,5)27(24)17-19-29(25,26)6/h13-14,20-27H,7-12,15-19H2,1-6H3. The Morgan fingerprint density at radius 2 is 1.59 bits per heavy atom. The molecular weight excluding hydrogens is 348 g/mol. The maximum absolute atomic E-state index is 2.75. The van der Waals surface area contributed by atoms with Gasteiger partial charge in [0.05, 0.1) is 0 Å². The Hall–Kier alpha value is -0.260. The zero-order valence-electron chi connectivity index (χ0n) is 20.6. The summed E-state index contributed by atoms with van der Waals surface area (Å²) in [6, 6.07) is 0. The third kappa shape index (κ3) is 3.67. The molecule has 0 aromatic carbocycles. The van der Waals surface area contributed by atoms with Crippen molar-refractivity contribution in [3.05, 3.63) is 12.2 Å². The van der Waals surface area contributed by atoms with Crippen LogP contribution < -0.4 is 0 Å². The van der Waals surface area contributed by atoms with Crippen molar-refractivity contribution in [1.82, 2.24) is 0 Å². The van der Waals surface area contributed by atoms with Crippen LogP contribution in [0.25, 0.3) is 0 Å². The van der Waals surface area contributed by atoms with Crippen LogP contribution in [-0.4, -0.2) is 0 Å². The molecule has 4 aliphatic rings. The van der Waals surface area contributed by atoms with Crippen molar-refractivity contribution >= 4 is 0 Å². The predicted molar refractivity (Wildman–Crippen MR) is 127 cm³/mol. The summed E-state index contributed by atoms with van der Waals surface area (Å²) in [5, 5.41) is 0. The highest BCUT2D eigenvalue weighted by Gasteiger charge is 2.58. The van der Waals surface area contributed by atoms with Gasteiger partial charge in [-0.15, -0.1) is 0 Å². The van der Waals surface area contributed by atoms with E-state index in [1.807, 2.05) is 0 Å². The summed E-state index contributed by atoms with van der Waals surface area (Å²) in [5.41, 5.74) is 1.23. The van der Waals surface area contributed by atoms with Crippen LogP contribution >= 0.6 is 0 Å². The highest BCUT2D eigenvalue weighted by molar-refractivity contribution is 5.17. The maximum atomic E-state index is 2.75. The summed E-state index contributed by atoms with van der Waals surface area (Å²) in [6.45, 7) is 15.3. The average Bonchev–Trinajstić information content (AvgIpc) is 3.05. The van der Waals surface area contributed by atoms with Crippen molar-refractivity contribution in [2.24, 2.45) is 58.2 Å². The van der Waals surface area contributed by atoms with Crippen molar-refractivity contribution in [2.45, 2.75) is 112 Å². The van der Waals surface area contributed by atoms with E-state index < -0.39 is 0 Å². The molecule has 0 heterocycles. The smallest absolute Gasteiger partial charge is 0.0166 e. The van der Waals surface area contributed by atoms with Crippen LogP contribution in [-0.2, 0) is 0 Å². The molecule has 0 amide bonds. The van der Waals surface area contributed by atoms with E-state index in [9.17, 15) is 0 Å². The molecule has 166 valence electrons. The predicted octanol–water partition coefficient (Wildman–Crippen LogP) is 8.91. The van der Waals surface area contributed by atoms with Gasteiger partial charge in [-0.2, -0.15) is 0 Å². The largest absolute Gasteiger partial charge is 0.0846 e. The Bertz CT molecular complexity index is 587. The quantitative estimate of drug-likeness (QED) is 0.392. The van der Waals surface area contributed by atoms with Crippen molar-refractivity contribution in [2.75, 3.05) is 0 Å². The van der Waals surface area contributed by atoms with Crippen molar-refractivity contribution in [3.63, 3.8) is 0 Å². The minimum absolute atomic E-state index is 0.613. The summed E-state index contributed by atoms with van der Waals surface area (Å²) in [5.74, 6) is 7.41. The molecule has 0 heteroatoms. The van der Waals surface area contributed by atoms with E-state index in [1.165, 1.54) is 70.6 Å². The van der Waals surface area contributed by atoms with Crippen LogP contribution in [0.15, 0.2) is 12.2 Å². The SMILES string of the molecule is CCC(CCC(C)C1CCC2C3C=CC4CCCCC4(C)C3CCC12C)C(C)C. The molecule has 0 aromatic heterocycles. The molecule has 3 fully saturated rings. The van der Waals surface area contributed by atoms with Crippen molar-refractivity contribution < 1.29 is 0 Å². The zero-order chi connectivity index (χ0) is 20.8. The molecule has 4 aliphatic carbocycles. The monoisotopic (exact) mass is 398 g/mol. The summed E-state index contributed by atoms with van der Waals surface area (Å²) < 4.78 is 0. The van der Waals surface area contributed by atoms with E-state index >= 15 is 0 Å². The Balaban J connectivity index is 1.47. The van der Waals surface area contributed by atoms with Crippen molar-refractivity contribution in [1.29, 1.82) is 0 Å². The number of hydrogen-bond donors (Lipinski definition) is 0. The van der Waals surface area contributed by atoms with Crippen molar-refractivity contribution in [3.8, 4) is 0 Å². The van der Waals surface area contributed by atoms with Gasteiger partial charge in [-0.25, -0.2) is 0 Å². The second-order valence-electron chi connectivity index (χ2n) is 12.7. The van der Waals surface area contributed by atoms with E-state index in [2.05, 4.69) is 53.7 Å². The minimum atomic E-state index is 0.613. The number of rotatable bonds is 6. The Kier molecular flexibility index (Phi) is 6.32. The fourth-order valence-electron chi connectivity index (χ4n) is 9.32. The summed E-state index contributed by atoms with van der Waals surface area (Å²) in [7, 11) is 0. The molecule has 0 aromatic rings. The lowest BCUT2D eigenvalue weighted by Crippen LogP contribution is -2.51. The lowest BCUT2D eigenvalue weighted by molar-refractivity contribution is -0.0646. The molecule has 0 nitrogen and oxygen atoms in total. The summed E-state index contributed by atoms with van der Waals surface area (Å²) >= 11 is 0. The molecule has 0 saturated heterocycles. The normalized spacial score (nSPS) is 46.1. The van der Waals surface area contributed by atoms with Gasteiger partial charge >= 0.3 is 0 Å². The molecule has 9 unspecified atom stereocenters. The van der Waals surface area contributed by atoms with E-state index in [1.54, 1.807) is 0 Å². The van der Waals surface area contributed by atoms with Gasteiger partial charge in [0.1, 0.15) is 0 Å². The Labute approximate surface area is 182 Å². The fourth-order valence-corrected chi connectivity index (χ4v) is 9.32. The summed E-state index contributed by atoms with van der Waals surface area (Å²) in [6.07, 6.45) is 21.7. The van der Waals surface area contributed by atoms with Gasteiger partial charge in [0.2, 0.25) is 0 Å². The van der Waals surface area contributed by atoms with E-state index in [-0.39, 0.29) is 0 Å².